The lowest BCUT2D eigenvalue weighted by atomic mass is 10.0. The zero-order chi connectivity index (χ0) is 21.5. The maximum Gasteiger partial charge on any atom is 0.265 e. The molecule has 3 rings (SSSR count). The molecule has 3 aromatic rings. The predicted molar refractivity (Wildman–Crippen MR) is 116 cm³/mol. The zero-order valence-corrected chi connectivity index (χ0v) is 16.7. The quantitative estimate of drug-likeness (QED) is 0.578. The summed E-state index contributed by atoms with van der Waals surface area (Å²) in [6.07, 6.45) is -0.740. The van der Waals surface area contributed by atoms with Gasteiger partial charge in [-0.3, -0.25) is 14.4 Å². The first-order valence-corrected chi connectivity index (χ1v) is 9.47. The molecule has 6 nitrogen and oxygen atoms in total. The number of anilines is 2. The van der Waals surface area contributed by atoms with Gasteiger partial charge in [-0.05, 0) is 55.5 Å². The van der Waals surface area contributed by atoms with Crippen molar-refractivity contribution in [2.24, 2.45) is 0 Å². The zero-order valence-electron chi connectivity index (χ0n) is 16.7. The molecule has 0 radical (unpaired) electrons. The average molecular weight is 402 g/mol. The second-order valence-electron chi connectivity index (χ2n) is 6.73. The molecule has 0 aromatic heterocycles. The number of benzene rings is 3. The fourth-order valence-electron chi connectivity index (χ4n) is 2.78. The van der Waals surface area contributed by atoms with Gasteiger partial charge in [0, 0.05) is 29.4 Å². The summed E-state index contributed by atoms with van der Waals surface area (Å²) in [6, 6.07) is 22.5. The first kappa shape index (κ1) is 20.8. The minimum absolute atomic E-state index is 0.0735. The van der Waals surface area contributed by atoms with Gasteiger partial charge in [0.1, 0.15) is 5.75 Å². The van der Waals surface area contributed by atoms with E-state index in [9.17, 15) is 14.4 Å². The minimum atomic E-state index is -0.740. The van der Waals surface area contributed by atoms with Crippen molar-refractivity contribution in [1.29, 1.82) is 0 Å². The number of nitrogens with one attached hydrogen (secondary N) is 2. The average Bonchev–Trinajstić information content (AvgIpc) is 2.75. The molecule has 3 aromatic carbocycles. The van der Waals surface area contributed by atoms with Crippen molar-refractivity contribution < 1.29 is 19.1 Å². The lowest BCUT2D eigenvalue weighted by Crippen LogP contribution is -2.30. The number of ether oxygens (including phenoxy) is 1. The Morgan fingerprint density at radius 3 is 1.83 bits per heavy atom. The van der Waals surface area contributed by atoms with E-state index in [-0.39, 0.29) is 17.6 Å². The molecule has 0 saturated carbocycles. The highest BCUT2D eigenvalue weighted by molar-refractivity contribution is 6.09. The number of rotatable bonds is 7. The fourth-order valence-corrected chi connectivity index (χ4v) is 2.78. The van der Waals surface area contributed by atoms with Crippen LogP contribution in [-0.2, 0) is 9.59 Å². The molecule has 0 fully saturated rings. The van der Waals surface area contributed by atoms with Crippen molar-refractivity contribution in [3.8, 4) is 5.75 Å². The molecule has 1 unspecified atom stereocenters. The van der Waals surface area contributed by atoms with Crippen LogP contribution < -0.4 is 15.4 Å². The molecule has 0 saturated heterocycles. The van der Waals surface area contributed by atoms with Crippen LogP contribution >= 0.6 is 0 Å². The molecule has 0 aliphatic heterocycles. The molecule has 6 heteroatoms. The van der Waals surface area contributed by atoms with Gasteiger partial charge in [-0.2, -0.15) is 0 Å². The maximum absolute atomic E-state index is 12.4. The summed E-state index contributed by atoms with van der Waals surface area (Å²) in [5.41, 5.74) is 2.40. The van der Waals surface area contributed by atoms with Gasteiger partial charge in [0.2, 0.25) is 5.91 Å². The van der Waals surface area contributed by atoms with Crippen LogP contribution in [0.4, 0.5) is 11.4 Å². The Bertz CT molecular complexity index is 1030. The smallest absolute Gasteiger partial charge is 0.265 e. The number of ketones is 1. The van der Waals surface area contributed by atoms with Gasteiger partial charge in [0.25, 0.3) is 5.91 Å². The van der Waals surface area contributed by atoms with Gasteiger partial charge in [0.15, 0.2) is 11.9 Å². The van der Waals surface area contributed by atoms with E-state index in [0.717, 1.165) is 0 Å². The lowest BCUT2D eigenvalue weighted by molar-refractivity contribution is -0.122. The van der Waals surface area contributed by atoms with Crippen molar-refractivity contribution in [3.63, 3.8) is 0 Å². The fraction of sp³-hybridized carbons (Fsp3) is 0.125. The Morgan fingerprint density at radius 1 is 0.733 bits per heavy atom. The van der Waals surface area contributed by atoms with Crippen LogP contribution in [0.5, 0.6) is 5.75 Å². The van der Waals surface area contributed by atoms with Crippen LogP contribution in [0, 0.1) is 0 Å². The maximum atomic E-state index is 12.4. The third-order valence-corrected chi connectivity index (χ3v) is 4.31. The van der Waals surface area contributed by atoms with Crippen molar-refractivity contribution >= 4 is 29.0 Å². The number of carbonyl (C=O) groups is 3. The largest absolute Gasteiger partial charge is 0.481 e. The van der Waals surface area contributed by atoms with Crippen molar-refractivity contribution in [1.82, 2.24) is 0 Å². The van der Waals surface area contributed by atoms with E-state index in [4.69, 9.17) is 4.74 Å². The van der Waals surface area contributed by atoms with Gasteiger partial charge < -0.3 is 15.4 Å². The van der Waals surface area contributed by atoms with Gasteiger partial charge in [-0.1, -0.05) is 30.3 Å². The number of amides is 2. The molecule has 0 bridgehead atoms. The Labute approximate surface area is 174 Å². The summed E-state index contributed by atoms with van der Waals surface area (Å²) in [5.74, 6) is -0.0593. The Balaban J connectivity index is 1.57. The third-order valence-electron chi connectivity index (χ3n) is 4.31. The van der Waals surface area contributed by atoms with Crippen LogP contribution in [0.3, 0.4) is 0 Å². The summed E-state index contributed by atoms with van der Waals surface area (Å²) in [7, 11) is 0. The van der Waals surface area contributed by atoms with E-state index in [1.54, 1.807) is 67.6 Å². The van der Waals surface area contributed by atoms with Crippen LogP contribution in [0.15, 0.2) is 78.9 Å². The SMILES string of the molecule is CC(=O)Nc1ccc(NC(=O)C(C)Oc2ccc(C(=O)c3ccccc3)cc2)cc1. The second kappa shape index (κ2) is 9.52. The van der Waals surface area contributed by atoms with Crippen LogP contribution in [-0.4, -0.2) is 23.7 Å². The molecule has 2 N–H and O–H groups in total. The van der Waals surface area contributed by atoms with Crippen molar-refractivity contribution in [2.45, 2.75) is 20.0 Å². The summed E-state index contributed by atoms with van der Waals surface area (Å²) in [6.45, 7) is 3.07. The standard InChI is InChI=1S/C24H22N2O4/c1-16(24(29)26-21-12-10-20(11-13-21)25-17(2)27)30-22-14-8-19(9-15-22)23(28)18-6-4-3-5-7-18/h3-16H,1-2H3,(H,25,27)(H,26,29). The highest BCUT2D eigenvalue weighted by atomic mass is 16.5. The summed E-state index contributed by atoms with van der Waals surface area (Å²) < 4.78 is 5.68. The summed E-state index contributed by atoms with van der Waals surface area (Å²) in [4.78, 5) is 35.9. The molecule has 0 aliphatic carbocycles. The van der Waals surface area contributed by atoms with Gasteiger partial charge >= 0.3 is 0 Å². The van der Waals surface area contributed by atoms with Gasteiger partial charge in [-0.25, -0.2) is 0 Å². The second-order valence-corrected chi connectivity index (χ2v) is 6.73. The van der Waals surface area contributed by atoms with Crippen LogP contribution in [0.1, 0.15) is 29.8 Å². The highest BCUT2D eigenvalue weighted by Gasteiger charge is 2.16. The van der Waals surface area contributed by atoms with E-state index >= 15 is 0 Å². The number of hydrogen-bond acceptors (Lipinski definition) is 4. The summed E-state index contributed by atoms with van der Waals surface area (Å²) in [5, 5.41) is 5.43. The van der Waals surface area contributed by atoms with E-state index in [0.29, 0.717) is 28.3 Å². The third kappa shape index (κ3) is 5.54. The monoisotopic (exact) mass is 402 g/mol. The molecule has 152 valence electrons. The van der Waals surface area contributed by atoms with Crippen molar-refractivity contribution in [2.75, 3.05) is 10.6 Å². The molecule has 1 atom stereocenters. The molecule has 2 amide bonds. The molecule has 0 aliphatic rings. The minimum Gasteiger partial charge on any atom is -0.481 e. The van der Waals surface area contributed by atoms with E-state index in [1.807, 2.05) is 18.2 Å². The number of carbonyl (C=O) groups excluding carboxylic acids is 3. The van der Waals surface area contributed by atoms with Crippen LogP contribution in [0.25, 0.3) is 0 Å². The van der Waals surface area contributed by atoms with Crippen LogP contribution in [0.2, 0.25) is 0 Å². The van der Waals surface area contributed by atoms with Crippen molar-refractivity contribution in [3.05, 3.63) is 90.0 Å². The molecular formula is C24H22N2O4. The van der Waals surface area contributed by atoms with E-state index in [2.05, 4.69) is 10.6 Å². The Morgan fingerprint density at radius 2 is 1.27 bits per heavy atom. The first-order chi connectivity index (χ1) is 14.4. The molecular weight excluding hydrogens is 380 g/mol. The topological polar surface area (TPSA) is 84.5 Å². The van der Waals surface area contributed by atoms with Gasteiger partial charge in [-0.15, -0.1) is 0 Å². The molecule has 0 spiro atoms. The molecule has 0 heterocycles. The summed E-state index contributed by atoms with van der Waals surface area (Å²) >= 11 is 0. The predicted octanol–water partition coefficient (Wildman–Crippen LogP) is 4.28. The number of hydrogen-bond donors (Lipinski definition) is 2. The van der Waals surface area contributed by atoms with Gasteiger partial charge in [0.05, 0.1) is 0 Å². The first-order valence-electron chi connectivity index (χ1n) is 9.47. The Kier molecular flexibility index (Phi) is 6.60. The van der Waals surface area contributed by atoms with E-state index in [1.165, 1.54) is 6.92 Å². The normalized spacial score (nSPS) is 11.3. The lowest BCUT2D eigenvalue weighted by Gasteiger charge is -2.15. The Hall–Kier alpha value is -3.93. The van der Waals surface area contributed by atoms with E-state index < -0.39 is 6.10 Å². The highest BCUT2D eigenvalue weighted by Crippen LogP contribution is 2.18. The molecule has 30 heavy (non-hydrogen) atoms.